The lowest BCUT2D eigenvalue weighted by atomic mass is 9.93. The van der Waals surface area contributed by atoms with Gasteiger partial charge in [0, 0.05) is 0 Å². The van der Waals surface area contributed by atoms with E-state index in [1.807, 2.05) is 32.9 Å². The summed E-state index contributed by atoms with van der Waals surface area (Å²) in [7, 11) is -2.29. The van der Waals surface area contributed by atoms with Crippen LogP contribution in [0.15, 0.2) is 71.6 Å². The predicted octanol–water partition coefficient (Wildman–Crippen LogP) is 5.51. The Morgan fingerprint density at radius 1 is 0.943 bits per heavy atom. The zero-order chi connectivity index (χ0) is 25.8. The standard InChI is InChI=1S/C28H34N2O4S/c1-19(2)25-17-26(21(4)16-27(25)34-6)22(5)29-28(31)18-30(23-12-10-11-20(3)15-23)35(32,33)24-13-8-7-9-14-24/h7-17,19,22H,18H2,1-6H3,(H,29,31)/t22-/m1/s1. The van der Waals surface area contributed by atoms with Gasteiger partial charge in [-0.25, -0.2) is 8.42 Å². The molecule has 0 aliphatic rings. The first-order valence-corrected chi connectivity index (χ1v) is 13.1. The molecule has 3 rings (SSSR count). The Hall–Kier alpha value is -3.32. The van der Waals surface area contributed by atoms with E-state index in [1.165, 1.54) is 12.1 Å². The van der Waals surface area contributed by atoms with Crippen molar-refractivity contribution in [3.05, 3.63) is 89.0 Å². The predicted molar refractivity (Wildman–Crippen MR) is 141 cm³/mol. The summed E-state index contributed by atoms with van der Waals surface area (Å²) in [6.07, 6.45) is 0. The second kappa shape index (κ2) is 11.0. The quantitative estimate of drug-likeness (QED) is 0.426. The van der Waals surface area contributed by atoms with Gasteiger partial charge in [-0.2, -0.15) is 0 Å². The van der Waals surface area contributed by atoms with Gasteiger partial charge in [0.05, 0.1) is 23.7 Å². The van der Waals surface area contributed by atoms with E-state index in [-0.39, 0.29) is 29.3 Å². The minimum absolute atomic E-state index is 0.134. The summed E-state index contributed by atoms with van der Waals surface area (Å²) in [6, 6.07) is 19.0. The number of sulfonamides is 1. The van der Waals surface area contributed by atoms with Gasteiger partial charge in [0.15, 0.2) is 0 Å². The van der Waals surface area contributed by atoms with E-state index >= 15 is 0 Å². The topological polar surface area (TPSA) is 75.7 Å². The highest BCUT2D eigenvalue weighted by molar-refractivity contribution is 7.92. The second-order valence-electron chi connectivity index (χ2n) is 9.06. The summed E-state index contributed by atoms with van der Waals surface area (Å²) in [5.41, 5.74) is 4.36. The van der Waals surface area contributed by atoms with Crippen LogP contribution in [0.3, 0.4) is 0 Å². The normalized spacial score (nSPS) is 12.3. The largest absolute Gasteiger partial charge is 0.496 e. The molecule has 0 fully saturated rings. The number of nitrogens with zero attached hydrogens (tertiary/aromatic N) is 1. The zero-order valence-corrected chi connectivity index (χ0v) is 22.0. The van der Waals surface area contributed by atoms with Crippen molar-refractivity contribution in [2.24, 2.45) is 0 Å². The third-order valence-corrected chi connectivity index (χ3v) is 7.78. The van der Waals surface area contributed by atoms with Gasteiger partial charge >= 0.3 is 0 Å². The second-order valence-corrected chi connectivity index (χ2v) is 10.9. The van der Waals surface area contributed by atoms with Gasteiger partial charge in [-0.3, -0.25) is 9.10 Å². The minimum atomic E-state index is -3.95. The maximum Gasteiger partial charge on any atom is 0.264 e. The summed E-state index contributed by atoms with van der Waals surface area (Å²) in [5.74, 6) is 0.680. The molecule has 0 saturated heterocycles. The molecule has 1 amide bonds. The summed E-state index contributed by atoms with van der Waals surface area (Å²) < 4.78 is 33.7. The maximum atomic E-state index is 13.5. The van der Waals surface area contributed by atoms with Gasteiger partial charge in [0.1, 0.15) is 12.3 Å². The van der Waals surface area contributed by atoms with Gasteiger partial charge in [-0.05, 0) is 85.3 Å². The molecular weight excluding hydrogens is 460 g/mol. The van der Waals surface area contributed by atoms with Crippen LogP contribution in [0.5, 0.6) is 5.75 Å². The first-order valence-electron chi connectivity index (χ1n) is 11.7. The third kappa shape index (κ3) is 6.03. The van der Waals surface area contributed by atoms with E-state index in [2.05, 4.69) is 25.2 Å². The Bertz CT molecular complexity index is 1290. The number of carbonyl (C=O) groups excluding carboxylic acids is 1. The van der Waals surface area contributed by atoms with Crippen LogP contribution in [0.25, 0.3) is 0 Å². The van der Waals surface area contributed by atoms with Crippen LogP contribution in [0, 0.1) is 13.8 Å². The number of benzene rings is 3. The van der Waals surface area contributed by atoms with Crippen molar-refractivity contribution in [2.45, 2.75) is 51.5 Å². The number of methoxy groups -OCH3 is 1. The molecule has 0 bridgehead atoms. The van der Waals surface area contributed by atoms with Gasteiger partial charge in [0.2, 0.25) is 5.91 Å². The highest BCUT2D eigenvalue weighted by Crippen LogP contribution is 2.32. The molecule has 3 aromatic carbocycles. The van der Waals surface area contributed by atoms with Crippen LogP contribution >= 0.6 is 0 Å². The van der Waals surface area contributed by atoms with Gasteiger partial charge in [0.25, 0.3) is 10.0 Å². The minimum Gasteiger partial charge on any atom is -0.496 e. The highest BCUT2D eigenvalue weighted by Gasteiger charge is 2.28. The average molecular weight is 495 g/mol. The number of hydrogen-bond donors (Lipinski definition) is 1. The molecule has 0 aliphatic carbocycles. The first-order chi connectivity index (χ1) is 16.5. The molecule has 0 heterocycles. The van der Waals surface area contributed by atoms with Crippen LogP contribution in [-0.2, 0) is 14.8 Å². The molecule has 0 aliphatic heterocycles. The maximum absolute atomic E-state index is 13.5. The molecular formula is C28H34N2O4S. The van der Waals surface area contributed by atoms with Crippen molar-refractivity contribution in [1.82, 2.24) is 5.32 Å². The van der Waals surface area contributed by atoms with Crippen LogP contribution in [0.4, 0.5) is 5.69 Å². The average Bonchev–Trinajstić information content (AvgIpc) is 2.82. The third-order valence-electron chi connectivity index (χ3n) is 5.99. The van der Waals surface area contributed by atoms with Crippen LogP contribution in [0.1, 0.15) is 55.0 Å². The number of rotatable bonds is 9. The molecule has 1 atom stereocenters. The van der Waals surface area contributed by atoms with Crippen molar-refractivity contribution in [3.63, 3.8) is 0 Å². The fourth-order valence-corrected chi connectivity index (χ4v) is 5.56. The Balaban J connectivity index is 1.91. The van der Waals surface area contributed by atoms with E-state index < -0.39 is 10.0 Å². The molecule has 186 valence electrons. The summed E-state index contributed by atoms with van der Waals surface area (Å²) in [6.45, 7) is 9.61. The van der Waals surface area contributed by atoms with Crippen molar-refractivity contribution >= 4 is 21.6 Å². The molecule has 0 aromatic heterocycles. The Morgan fingerprint density at radius 3 is 2.23 bits per heavy atom. The van der Waals surface area contributed by atoms with Crippen LogP contribution in [0.2, 0.25) is 0 Å². The number of anilines is 1. The van der Waals surface area contributed by atoms with E-state index in [0.29, 0.717) is 5.69 Å². The first kappa shape index (κ1) is 26.3. The fourth-order valence-electron chi connectivity index (χ4n) is 4.12. The Morgan fingerprint density at radius 2 is 1.63 bits per heavy atom. The van der Waals surface area contributed by atoms with Crippen molar-refractivity contribution < 1.29 is 17.9 Å². The lowest BCUT2D eigenvalue weighted by Crippen LogP contribution is -2.41. The van der Waals surface area contributed by atoms with Crippen molar-refractivity contribution in [3.8, 4) is 5.75 Å². The highest BCUT2D eigenvalue weighted by atomic mass is 32.2. The molecule has 0 saturated carbocycles. The summed E-state index contributed by atoms with van der Waals surface area (Å²) >= 11 is 0. The molecule has 0 unspecified atom stereocenters. The molecule has 35 heavy (non-hydrogen) atoms. The SMILES string of the molecule is COc1cc(C)c([C@@H](C)NC(=O)CN(c2cccc(C)c2)S(=O)(=O)c2ccccc2)cc1C(C)C. The number of hydrogen-bond acceptors (Lipinski definition) is 4. The monoisotopic (exact) mass is 494 g/mol. The van der Waals surface area contributed by atoms with Crippen LogP contribution < -0.4 is 14.4 Å². The van der Waals surface area contributed by atoms with E-state index in [1.54, 1.807) is 43.5 Å². The number of nitrogens with one attached hydrogen (secondary N) is 1. The smallest absolute Gasteiger partial charge is 0.264 e. The molecule has 7 heteroatoms. The van der Waals surface area contributed by atoms with E-state index in [0.717, 1.165) is 32.3 Å². The zero-order valence-electron chi connectivity index (χ0n) is 21.2. The molecule has 3 aromatic rings. The molecule has 6 nitrogen and oxygen atoms in total. The number of ether oxygens (including phenoxy) is 1. The number of amides is 1. The van der Waals surface area contributed by atoms with Gasteiger partial charge in [-0.15, -0.1) is 0 Å². The van der Waals surface area contributed by atoms with E-state index in [9.17, 15) is 13.2 Å². The number of carbonyl (C=O) groups is 1. The lowest BCUT2D eigenvalue weighted by Gasteiger charge is -2.26. The van der Waals surface area contributed by atoms with Gasteiger partial charge in [-0.1, -0.05) is 44.2 Å². The molecule has 1 N–H and O–H groups in total. The lowest BCUT2D eigenvalue weighted by molar-refractivity contribution is -0.120. The van der Waals surface area contributed by atoms with Crippen LogP contribution in [-0.4, -0.2) is 28.0 Å². The molecule has 0 radical (unpaired) electrons. The summed E-state index contributed by atoms with van der Waals surface area (Å²) in [4.78, 5) is 13.3. The summed E-state index contributed by atoms with van der Waals surface area (Å²) in [5, 5.41) is 2.99. The Labute approximate surface area is 209 Å². The van der Waals surface area contributed by atoms with Crippen molar-refractivity contribution in [1.29, 1.82) is 0 Å². The Kier molecular flexibility index (Phi) is 8.22. The fraction of sp³-hybridized carbons (Fsp3) is 0.321. The molecule has 0 spiro atoms. The number of aryl methyl sites for hydroxylation is 2. The van der Waals surface area contributed by atoms with Gasteiger partial charge < -0.3 is 10.1 Å². The van der Waals surface area contributed by atoms with Crippen molar-refractivity contribution in [2.75, 3.05) is 18.0 Å². The van der Waals surface area contributed by atoms with E-state index in [4.69, 9.17) is 4.74 Å².